The summed E-state index contributed by atoms with van der Waals surface area (Å²) >= 11 is 0. The lowest BCUT2D eigenvalue weighted by Gasteiger charge is -2.17. The Morgan fingerprint density at radius 1 is 1.04 bits per heavy atom. The van der Waals surface area contributed by atoms with Crippen LogP contribution >= 0.6 is 0 Å². The number of fused-ring (bicyclic) bond motifs is 1. The summed E-state index contributed by atoms with van der Waals surface area (Å²) in [5.41, 5.74) is 3.27. The highest BCUT2D eigenvalue weighted by molar-refractivity contribution is 6.00. The first-order chi connectivity index (χ1) is 13.4. The quantitative estimate of drug-likeness (QED) is 0.586. The lowest BCUT2D eigenvalue weighted by Crippen LogP contribution is -2.21. The van der Waals surface area contributed by atoms with Crippen molar-refractivity contribution in [1.29, 1.82) is 0 Å². The summed E-state index contributed by atoms with van der Waals surface area (Å²) in [5.74, 6) is 0.0644. The van der Waals surface area contributed by atoms with Gasteiger partial charge in [-0.25, -0.2) is 4.79 Å². The SMILES string of the molecule is CC(C)c1ccc(OCC(=O)OCC(=O)c2ccc3c(c2)CCC(=O)N3)cc1. The van der Waals surface area contributed by atoms with Gasteiger partial charge in [-0.3, -0.25) is 9.59 Å². The Bertz CT molecular complexity index is 886. The van der Waals surface area contributed by atoms with Crippen molar-refractivity contribution in [3.8, 4) is 5.75 Å². The number of nitrogens with one attached hydrogen (secondary N) is 1. The zero-order valence-electron chi connectivity index (χ0n) is 16.0. The molecule has 28 heavy (non-hydrogen) atoms. The molecule has 0 spiro atoms. The first kappa shape index (κ1) is 19.6. The molecular formula is C22H23NO5. The number of esters is 1. The Hall–Kier alpha value is -3.15. The number of ether oxygens (including phenoxy) is 2. The third kappa shape index (κ3) is 4.97. The Morgan fingerprint density at radius 3 is 2.50 bits per heavy atom. The summed E-state index contributed by atoms with van der Waals surface area (Å²) in [6, 6.07) is 12.6. The van der Waals surface area contributed by atoms with Crippen molar-refractivity contribution in [2.24, 2.45) is 0 Å². The summed E-state index contributed by atoms with van der Waals surface area (Å²) in [6.45, 7) is 3.59. The number of hydrogen-bond acceptors (Lipinski definition) is 5. The van der Waals surface area contributed by atoms with E-state index in [-0.39, 0.29) is 24.9 Å². The smallest absolute Gasteiger partial charge is 0.344 e. The van der Waals surface area contributed by atoms with E-state index >= 15 is 0 Å². The molecule has 2 aromatic carbocycles. The van der Waals surface area contributed by atoms with Gasteiger partial charge in [-0.05, 0) is 53.8 Å². The highest BCUT2D eigenvalue weighted by Crippen LogP contribution is 2.24. The maximum absolute atomic E-state index is 12.3. The molecule has 0 bridgehead atoms. The first-order valence-electron chi connectivity index (χ1n) is 9.26. The van der Waals surface area contributed by atoms with Gasteiger partial charge in [0.2, 0.25) is 5.91 Å². The van der Waals surface area contributed by atoms with Crippen molar-refractivity contribution in [3.63, 3.8) is 0 Å². The van der Waals surface area contributed by atoms with Crippen LogP contribution in [0.1, 0.15) is 47.7 Å². The lowest BCUT2D eigenvalue weighted by atomic mass is 9.99. The summed E-state index contributed by atoms with van der Waals surface area (Å²) < 4.78 is 10.4. The maximum Gasteiger partial charge on any atom is 0.344 e. The van der Waals surface area contributed by atoms with Crippen LogP contribution in [0.2, 0.25) is 0 Å². The normalized spacial score (nSPS) is 12.9. The van der Waals surface area contributed by atoms with Crippen molar-refractivity contribution >= 4 is 23.3 Å². The van der Waals surface area contributed by atoms with Crippen molar-refractivity contribution in [3.05, 3.63) is 59.2 Å². The molecule has 0 unspecified atom stereocenters. The van der Waals surface area contributed by atoms with Gasteiger partial charge < -0.3 is 14.8 Å². The molecule has 6 nitrogen and oxygen atoms in total. The van der Waals surface area contributed by atoms with E-state index in [1.807, 2.05) is 12.1 Å². The molecular weight excluding hydrogens is 358 g/mol. The Balaban J connectivity index is 1.47. The van der Waals surface area contributed by atoms with Crippen LogP contribution in [0, 0.1) is 0 Å². The van der Waals surface area contributed by atoms with Crippen LogP contribution in [-0.2, 0) is 20.7 Å². The fourth-order valence-electron chi connectivity index (χ4n) is 2.92. The molecule has 1 aliphatic heterocycles. The fraction of sp³-hybridized carbons (Fsp3) is 0.318. The van der Waals surface area contributed by atoms with Crippen LogP contribution in [0.15, 0.2) is 42.5 Å². The summed E-state index contributed by atoms with van der Waals surface area (Å²) in [7, 11) is 0. The molecule has 0 radical (unpaired) electrons. The van der Waals surface area contributed by atoms with Gasteiger partial charge in [0, 0.05) is 17.7 Å². The predicted octanol–water partition coefficient (Wildman–Crippen LogP) is 3.50. The number of carbonyl (C=O) groups excluding carboxylic acids is 3. The van der Waals surface area contributed by atoms with E-state index in [2.05, 4.69) is 19.2 Å². The number of amides is 1. The molecule has 0 atom stereocenters. The number of anilines is 1. The van der Waals surface area contributed by atoms with Crippen LogP contribution in [-0.4, -0.2) is 30.9 Å². The van der Waals surface area contributed by atoms with Gasteiger partial charge in [-0.1, -0.05) is 26.0 Å². The van der Waals surface area contributed by atoms with Crippen molar-refractivity contribution in [1.82, 2.24) is 0 Å². The Labute approximate surface area is 163 Å². The van der Waals surface area contributed by atoms with E-state index in [0.717, 1.165) is 11.3 Å². The number of hydrogen-bond donors (Lipinski definition) is 1. The van der Waals surface area contributed by atoms with E-state index < -0.39 is 5.97 Å². The second kappa shape index (κ2) is 8.69. The van der Waals surface area contributed by atoms with Gasteiger partial charge in [0.05, 0.1) is 0 Å². The van der Waals surface area contributed by atoms with Gasteiger partial charge in [-0.15, -0.1) is 0 Å². The molecule has 1 N–H and O–H groups in total. The Kier molecular flexibility index (Phi) is 6.09. The average Bonchev–Trinajstić information content (AvgIpc) is 2.70. The van der Waals surface area contributed by atoms with Gasteiger partial charge in [0.1, 0.15) is 5.75 Å². The highest BCUT2D eigenvalue weighted by atomic mass is 16.6. The van der Waals surface area contributed by atoms with Crippen molar-refractivity contribution < 1.29 is 23.9 Å². The van der Waals surface area contributed by atoms with E-state index in [1.165, 1.54) is 5.56 Å². The average molecular weight is 381 g/mol. The predicted molar refractivity (Wildman–Crippen MR) is 105 cm³/mol. The topological polar surface area (TPSA) is 81.7 Å². The lowest BCUT2D eigenvalue weighted by molar-refractivity contribution is -0.144. The minimum absolute atomic E-state index is 0.0284. The molecule has 1 amide bonds. The van der Waals surface area contributed by atoms with E-state index in [4.69, 9.17) is 9.47 Å². The van der Waals surface area contributed by atoms with Crippen molar-refractivity contribution in [2.75, 3.05) is 18.5 Å². The summed E-state index contributed by atoms with van der Waals surface area (Å²) in [4.78, 5) is 35.5. The third-order valence-corrected chi connectivity index (χ3v) is 4.59. The molecule has 1 heterocycles. The molecule has 0 saturated carbocycles. The monoisotopic (exact) mass is 381 g/mol. The van der Waals surface area contributed by atoms with Crippen LogP contribution in [0.4, 0.5) is 5.69 Å². The molecule has 146 valence electrons. The van der Waals surface area contributed by atoms with E-state index in [9.17, 15) is 14.4 Å². The number of ketones is 1. The molecule has 0 fully saturated rings. The fourth-order valence-corrected chi connectivity index (χ4v) is 2.92. The molecule has 3 rings (SSSR count). The standard InChI is InChI=1S/C22H23NO5/c1-14(2)15-3-7-18(8-4-15)27-13-22(26)28-12-20(24)17-5-9-19-16(11-17)6-10-21(25)23-19/h3-5,7-9,11,14H,6,10,12-13H2,1-2H3,(H,23,25). The van der Waals surface area contributed by atoms with Crippen LogP contribution in [0.5, 0.6) is 5.75 Å². The van der Waals surface area contributed by atoms with Crippen molar-refractivity contribution in [2.45, 2.75) is 32.6 Å². The minimum atomic E-state index is -0.605. The zero-order chi connectivity index (χ0) is 20.1. The number of carbonyl (C=O) groups is 3. The molecule has 0 aromatic heterocycles. The molecule has 6 heteroatoms. The van der Waals surface area contributed by atoms with Gasteiger partial charge in [0.25, 0.3) is 0 Å². The van der Waals surface area contributed by atoms with Crippen LogP contribution in [0.3, 0.4) is 0 Å². The highest BCUT2D eigenvalue weighted by Gasteiger charge is 2.17. The summed E-state index contributed by atoms with van der Waals surface area (Å²) in [6.07, 6.45) is 0.987. The zero-order valence-corrected chi connectivity index (χ0v) is 16.0. The first-order valence-corrected chi connectivity index (χ1v) is 9.26. The van der Waals surface area contributed by atoms with E-state index in [1.54, 1.807) is 30.3 Å². The summed E-state index contributed by atoms with van der Waals surface area (Å²) in [5, 5.41) is 2.77. The van der Waals surface area contributed by atoms with Crippen LogP contribution < -0.4 is 10.1 Å². The third-order valence-electron chi connectivity index (χ3n) is 4.59. The maximum atomic E-state index is 12.3. The van der Waals surface area contributed by atoms with Gasteiger partial charge in [0.15, 0.2) is 19.0 Å². The molecule has 0 aliphatic carbocycles. The number of aryl methyl sites for hydroxylation is 1. The number of Topliss-reactive ketones (excluding diaryl/α,β-unsaturated/α-hetero) is 1. The van der Waals surface area contributed by atoms with Gasteiger partial charge in [-0.2, -0.15) is 0 Å². The number of rotatable bonds is 7. The largest absolute Gasteiger partial charge is 0.482 e. The molecule has 2 aromatic rings. The number of benzene rings is 2. The Morgan fingerprint density at radius 2 is 1.79 bits per heavy atom. The molecule has 1 aliphatic rings. The van der Waals surface area contributed by atoms with E-state index in [0.29, 0.717) is 30.1 Å². The second-order valence-electron chi connectivity index (χ2n) is 7.02. The minimum Gasteiger partial charge on any atom is -0.482 e. The second-order valence-corrected chi connectivity index (χ2v) is 7.02. The van der Waals surface area contributed by atoms with Crippen LogP contribution in [0.25, 0.3) is 0 Å². The molecule has 0 saturated heterocycles. The van der Waals surface area contributed by atoms with Gasteiger partial charge >= 0.3 is 5.97 Å².